The molecule has 3 nitrogen and oxygen atoms in total. The summed E-state index contributed by atoms with van der Waals surface area (Å²) in [6.45, 7) is 2.08. The van der Waals surface area contributed by atoms with Crippen LogP contribution in [0.4, 0.5) is 17.1 Å². The SMILES string of the molecule is CN(C)CCCNc1ccccc1Nc1ccccc1.Cl.Cl. The summed E-state index contributed by atoms with van der Waals surface area (Å²) in [5.74, 6) is 0. The molecule has 22 heavy (non-hydrogen) atoms. The number of nitrogens with one attached hydrogen (secondary N) is 2. The first-order chi connectivity index (χ1) is 9.75. The van der Waals surface area contributed by atoms with Gasteiger partial charge in [-0.05, 0) is 51.3 Å². The van der Waals surface area contributed by atoms with E-state index in [0.29, 0.717) is 0 Å². The number of para-hydroxylation sites is 3. The number of hydrogen-bond donors (Lipinski definition) is 2. The lowest BCUT2D eigenvalue weighted by Gasteiger charge is -2.15. The Morgan fingerprint density at radius 3 is 2.05 bits per heavy atom. The molecule has 0 aliphatic heterocycles. The Hall–Kier alpha value is -1.42. The molecule has 2 aromatic carbocycles. The van der Waals surface area contributed by atoms with E-state index in [4.69, 9.17) is 0 Å². The maximum atomic E-state index is 3.50. The van der Waals surface area contributed by atoms with Crippen molar-refractivity contribution in [2.45, 2.75) is 6.42 Å². The quantitative estimate of drug-likeness (QED) is 0.718. The molecule has 0 saturated carbocycles. The fraction of sp³-hybridized carbons (Fsp3) is 0.294. The smallest absolute Gasteiger partial charge is 0.0620 e. The number of benzene rings is 2. The minimum atomic E-state index is 0. The molecule has 5 heteroatoms. The molecular weight excluding hydrogens is 317 g/mol. The number of halogens is 2. The lowest BCUT2D eigenvalue weighted by Crippen LogP contribution is -2.16. The molecule has 0 amide bonds. The molecule has 0 saturated heterocycles. The van der Waals surface area contributed by atoms with Crippen LogP contribution in [-0.2, 0) is 0 Å². The van der Waals surface area contributed by atoms with E-state index in [-0.39, 0.29) is 24.8 Å². The second-order valence-electron chi connectivity index (χ2n) is 5.12. The highest BCUT2D eigenvalue weighted by molar-refractivity contribution is 5.85. The Morgan fingerprint density at radius 1 is 0.818 bits per heavy atom. The van der Waals surface area contributed by atoms with Crippen molar-refractivity contribution >= 4 is 41.9 Å². The lowest BCUT2D eigenvalue weighted by molar-refractivity contribution is 0.405. The highest BCUT2D eigenvalue weighted by Crippen LogP contribution is 2.24. The highest BCUT2D eigenvalue weighted by Gasteiger charge is 2.01. The Balaban J connectivity index is 0.00000220. The molecule has 122 valence electrons. The van der Waals surface area contributed by atoms with Gasteiger partial charge in [0.1, 0.15) is 0 Å². The maximum Gasteiger partial charge on any atom is 0.0620 e. The van der Waals surface area contributed by atoms with Crippen molar-refractivity contribution in [2.75, 3.05) is 37.8 Å². The topological polar surface area (TPSA) is 27.3 Å². The molecule has 0 atom stereocenters. The molecular formula is C17H25Cl2N3. The van der Waals surface area contributed by atoms with Crippen molar-refractivity contribution in [3.63, 3.8) is 0 Å². The fourth-order valence-corrected chi connectivity index (χ4v) is 2.04. The van der Waals surface area contributed by atoms with E-state index in [1.807, 2.05) is 18.2 Å². The predicted molar refractivity (Wildman–Crippen MR) is 102 cm³/mol. The molecule has 0 fully saturated rings. The summed E-state index contributed by atoms with van der Waals surface area (Å²) in [6, 6.07) is 18.6. The van der Waals surface area contributed by atoms with Gasteiger partial charge in [0.15, 0.2) is 0 Å². The maximum absolute atomic E-state index is 3.50. The van der Waals surface area contributed by atoms with Gasteiger partial charge in [0.05, 0.1) is 11.4 Å². The number of anilines is 3. The number of hydrogen-bond acceptors (Lipinski definition) is 3. The van der Waals surface area contributed by atoms with Gasteiger partial charge >= 0.3 is 0 Å². The Bertz CT molecular complexity index is 518. The minimum Gasteiger partial charge on any atom is -0.383 e. The van der Waals surface area contributed by atoms with Gasteiger partial charge in [-0.3, -0.25) is 0 Å². The van der Waals surface area contributed by atoms with Crippen molar-refractivity contribution in [3.8, 4) is 0 Å². The first-order valence-corrected chi connectivity index (χ1v) is 7.05. The molecule has 0 aliphatic rings. The van der Waals surface area contributed by atoms with E-state index in [1.165, 1.54) is 0 Å². The first-order valence-electron chi connectivity index (χ1n) is 7.05. The average Bonchev–Trinajstić information content (AvgIpc) is 2.46. The van der Waals surface area contributed by atoms with Gasteiger partial charge in [0, 0.05) is 12.2 Å². The Labute approximate surface area is 145 Å². The molecule has 0 unspecified atom stereocenters. The molecule has 2 rings (SSSR count). The van der Waals surface area contributed by atoms with E-state index in [1.54, 1.807) is 0 Å². The van der Waals surface area contributed by atoms with E-state index in [9.17, 15) is 0 Å². The van der Waals surface area contributed by atoms with Gasteiger partial charge < -0.3 is 15.5 Å². The highest BCUT2D eigenvalue weighted by atomic mass is 35.5. The summed E-state index contributed by atoms with van der Waals surface area (Å²) in [7, 11) is 4.20. The standard InChI is InChI=1S/C17H23N3.2ClH/c1-20(2)14-8-13-18-16-11-6-7-12-17(16)19-15-9-4-3-5-10-15;;/h3-7,9-12,18-19H,8,13-14H2,1-2H3;2*1H. The van der Waals surface area contributed by atoms with Crippen LogP contribution >= 0.6 is 24.8 Å². The lowest BCUT2D eigenvalue weighted by atomic mass is 10.2. The third-order valence-electron chi connectivity index (χ3n) is 3.08. The van der Waals surface area contributed by atoms with Gasteiger partial charge in [-0.2, -0.15) is 0 Å². The summed E-state index contributed by atoms with van der Waals surface area (Å²) < 4.78 is 0. The van der Waals surface area contributed by atoms with Gasteiger partial charge in [-0.15, -0.1) is 24.8 Å². The largest absolute Gasteiger partial charge is 0.383 e. The molecule has 2 N–H and O–H groups in total. The molecule has 0 heterocycles. The molecule has 0 aromatic heterocycles. The third-order valence-corrected chi connectivity index (χ3v) is 3.08. The van der Waals surface area contributed by atoms with Crippen molar-refractivity contribution in [1.82, 2.24) is 4.90 Å². The zero-order valence-electron chi connectivity index (χ0n) is 13.1. The number of rotatable bonds is 7. The minimum absolute atomic E-state index is 0. The van der Waals surface area contributed by atoms with Gasteiger partial charge in [0.25, 0.3) is 0 Å². The monoisotopic (exact) mass is 341 g/mol. The fourth-order valence-electron chi connectivity index (χ4n) is 2.04. The van der Waals surface area contributed by atoms with Crippen LogP contribution in [0.5, 0.6) is 0 Å². The van der Waals surface area contributed by atoms with E-state index >= 15 is 0 Å². The van der Waals surface area contributed by atoms with Crippen molar-refractivity contribution in [1.29, 1.82) is 0 Å². The zero-order valence-corrected chi connectivity index (χ0v) is 14.7. The third kappa shape index (κ3) is 7.03. The molecule has 0 aliphatic carbocycles. The van der Waals surface area contributed by atoms with Crippen LogP contribution in [0, 0.1) is 0 Å². The van der Waals surface area contributed by atoms with E-state index in [0.717, 1.165) is 36.6 Å². The molecule has 0 spiro atoms. The van der Waals surface area contributed by atoms with Gasteiger partial charge in [0.2, 0.25) is 0 Å². The summed E-state index contributed by atoms with van der Waals surface area (Å²) in [5.41, 5.74) is 3.37. The van der Waals surface area contributed by atoms with Crippen LogP contribution in [-0.4, -0.2) is 32.1 Å². The molecule has 0 radical (unpaired) electrons. The Kier molecular flexibility index (Phi) is 10.5. The van der Waals surface area contributed by atoms with Gasteiger partial charge in [-0.1, -0.05) is 30.3 Å². The van der Waals surface area contributed by atoms with Crippen LogP contribution in [0.15, 0.2) is 54.6 Å². The first kappa shape index (κ1) is 20.6. The predicted octanol–water partition coefficient (Wildman–Crippen LogP) is 4.64. The average molecular weight is 342 g/mol. The van der Waals surface area contributed by atoms with E-state index < -0.39 is 0 Å². The normalized spacial score (nSPS) is 9.59. The summed E-state index contributed by atoms with van der Waals surface area (Å²) in [6.07, 6.45) is 1.13. The number of nitrogens with zero attached hydrogens (tertiary/aromatic N) is 1. The second-order valence-corrected chi connectivity index (χ2v) is 5.12. The van der Waals surface area contributed by atoms with Crippen LogP contribution in [0.1, 0.15) is 6.42 Å². The van der Waals surface area contributed by atoms with Crippen LogP contribution in [0.25, 0.3) is 0 Å². The van der Waals surface area contributed by atoms with Gasteiger partial charge in [-0.25, -0.2) is 0 Å². The van der Waals surface area contributed by atoms with Crippen LogP contribution in [0.2, 0.25) is 0 Å². The Morgan fingerprint density at radius 2 is 1.41 bits per heavy atom. The van der Waals surface area contributed by atoms with E-state index in [2.05, 4.69) is 66.0 Å². The summed E-state index contributed by atoms with van der Waals surface area (Å²) >= 11 is 0. The molecule has 0 bridgehead atoms. The van der Waals surface area contributed by atoms with Crippen LogP contribution in [0.3, 0.4) is 0 Å². The van der Waals surface area contributed by atoms with Crippen molar-refractivity contribution < 1.29 is 0 Å². The van der Waals surface area contributed by atoms with Crippen LogP contribution < -0.4 is 10.6 Å². The summed E-state index contributed by atoms with van der Waals surface area (Å²) in [4.78, 5) is 2.20. The van der Waals surface area contributed by atoms with Crippen molar-refractivity contribution in [2.24, 2.45) is 0 Å². The second kappa shape index (κ2) is 11.2. The molecule has 2 aromatic rings. The zero-order chi connectivity index (χ0) is 14.2. The van der Waals surface area contributed by atoms with Crippen molar-refractivity contribution in [3.05, 3.63) is 54.6 Å². The summed E-state index contributed by atoms with van der Waals surface area (Å²) in [5, 5.41) is 6.95.